The summed E-state index contributed by atoms with van der Waals surface area (Å²) in [5, 5.41) is 3.69. The van der Waals surface area contributed by atoms with Crippen LogP contribution in [0.3, 0.4) is 0 Å². The Balaban J connectivity index is 1.59. The number of hydrogen-bond donors (Lipinski definition) is 1. The van der Waals surface area contributed by atoms with E-state index < -0.39 is 0 Å². The second-order valence-electron chi connectivity index (χ2n) is 5.54. The number of hydrogen-bond acceptors (Lipinski definition) is 3. The van der Waals surface area contributed by atoms with Crippen LogP contribution in [0, 0.1) is 0 Å². The molecule has 2 aliphatic heterocycles. The largest absolute Gasteiger partial charge is 0.377 e. The molecule has 0 aromatic carbocycles. The quantitative estimate of drug-likeness (QED) is 0.767. The van der Waals surface area contributed by atoms with Crippen LogP contribution < -0.4 is 5.32 Å². The first-order valence-corrected chi connectivity index (χ1v) is 7.02. The molecule has 0 bridgehead atoms. The molecule has 0 radical (unpaired) electrons. The molecule has 0 amide bonds. The van der Waals surface area contributed by atoms with Gasteiger partial charge >= 0.3 is 0 Å². The van der Waals surface area contributed by atoms with Gasteiger partial charge in [-0.15, -0.1) is 0 Å². The zero-order chi connectivity index (χ0) is 10.8. The van der Waals surface area contributed by atoms with Crippen molar-refractivity contribution in [2.75, 3.05) is 26.2 Å². The first-order valence-electron chi connectivity index (χ1n) is 7.02. The highest BCUT2D eigenvalue weighted by atomic mass is 16.5. The monoisotopic (exact) mass is 224 g/mol. The molecule has 3 nitrogen and oxygen atoms in total. The zero-order valence-electron chi connectivity index (χ0n) is 10.2. The van der Waals surface area contributed by atoms with Crippen molar-refractivity contribution in [1.29, 1.82) is 0 Å². The lowest BCUT2D eigenvalue weighted by atomic mass is 9.87. The predicted molar refractivity (Wildman–Crippen MR) is 64.6 cm³/mol. The second-order valence-corrected chi connectivity index (χ2v) is 5.54. The maximum atomic E-state index is 5.77. The zero-order valence-corrected chi connectivity index (χ0v) is 10.2. The normalized spacial score (nSPS) is 40.9. The van der Waals surface area contributed by atoms with Crippen LogP contribution in [0.5, 0.6) is 0 Å². The van der Waals surface area contributed by atoms with Gasteiger partial charge in [-0.25, -0.2) is 0 Å². The van der Waals surface area contributed by atoms with Gasteiger partial charge < -0.3 is 10.1 Å². The van der Waals surface area contributed by atoms with Gasteiger partial charge in [0.15, 0.2) is 0 Å². The van der Waals surface area contributed by atoms with Gasteiger partial charge in [0.25, 0.3) is 0 Å². The summed E-state index contributed by atoms with van der Waals surface area (Å²) in [5.74, 6) is 0. The van der Waals surface area contributed by atoms with Crippen LogP contribution in [0.25, 0.3) is 0 Å². The first kappa shape index (κ1) is 11.0. The molecule has 0 spiro atoms. The van der Waals surface area contributed by atoms with Crippen LogP contribution in [-0.4, -0.2) is 49.3 Å². The van der Waals surface area contributed by atoms with E-state index >= 15 is 0 Å². The SMILES string of the molecule is C1CO[C@H](CN2CCN[C@@H]3CCCC[C@@H]32)C1. The summed E-state index contributed by atoms with van der Waals surface area (Å²) >= 11 is 0. The Hall–Kier alpha value is -0.120. The maximum Gasteiger partial charge on any atom is 0.0702 e. The summed E-state index contributed by atoms with van der Waals surface area (Å²) in [5.41, 5.74) is 0. The molecule has 16 heavy (non-hydrogen) atoms. The fraction of sp³-hybridized carbons (Fsp3) is 1.00. The summed E-state index contributed by atoms with van der Waals surface area (Å²) in [6.45, 7) is 4.57. The van der Waals surface area contributed by atoms with Gasteiger partial charge in [-0.2, -0.15) is 0 Å². The van der Waals surface area contributed by atoms with E-state index in [4.69, 9.17) is 4.74 Å². The Morgan fingerprint density at radius 1 is 1.12 bits per heavy atom. The van der Waals surface area contributed by atoms with Crippen LogP contribution >= 0.6 is 0 Å². The molecule has 1 N–H and O–H groups in total. The lowest BCUT2D eigenvalue weighted by molar-refractivity contribution is 0.0243. The molecular formula is C13H24N2O. The predicted octanol–water partition coefficient (Wildman–Crippen LogP) is 1.38. The molecule has 3 heteroatoms. The third-order valence-electron chi connectivity index (χ3n) is 4.47. The molecule has 2 saturated heterocycles. The molecule has 1 saturated carbocycles. The van der Waals surface area contributed by atoms with Crippen LogP contribution in [-0.2, 0) is 4.74 Å². The summed E-state index contributed by atoms with van der Waals surface area (Å²) in [6, 6.07) is 1.57. The number of nitrogens with zero attached hydrogens (tertiary/aromatic N) is 1. The van der Waals surface area contributed by atoms with Crippen molar-refractivity contribution in [3.8, 4) is 0 Å². The average molecular weight is 224 g/mol. The van der Waals surface area contributed by atoms with Crippen molar-refractivity contribution in [2.45, 2.75) is 56.7 Å². The molecule has 1 aliphatic carbocycles. The Labute approximate surface area is 98.5 Å². The minimum Gasteiger partial charge on any atom is -0.377 e. The van der Waals surface area contributed by atoms with E-state index in [2.05, 4.69) is 10.2 Å². The van der Waals surface area contributed by atoms with E-state index in [0.29, 0.717) is 6.10 Å². The van der Waals surface area contributed by atoms with Crippen LogP contribution in [0.2, 0.25) is 0 Å². The molecule has 3 aliphatic rings. The van der Waals surface area contributed by atoms with E-state index in [1.54, 1.807) is 0 Å². The van der Waals surface area contributed by atoms with Crippen molar-refractivity contribution in [2.24, 2.45) is 0 Å². The van der Waals surface area contributed by atoms with Crippen molar-refractivity contribution in [3.63, 3.8) is 0 Å². The molecule has 0 aromatic rings. The topological polar surface area (TPSA) is 24.5 Å². The van der Waals surface area contributed by atoms with Crippen LogP contribution in [0.15, 0.2) is 0 Å². The minimum absolute atomic E-state index is 0.528. The number of fused-ring (bicyclic) bond motifs is 1. The molecule has 2 heterocycles. The smallest absolute Gasteiger partial charge is 0.0702 e. The molecule has 0 aromatic heterocycles. The van der Waals surface area contributed by atoms with Gasteiger partial charge in [-0.3, -0.25) is 4.90 Å². The molecular weight excluding hydrogens is 200 g/mol. The van der Waals surface area contributed by atoms with Crippen molar-refractivity contribution >= 4 is 0 Å². The molecule has 3 rings (SSSR count). The summed E-state index contributed by atoms with van der Waals surface area (Å²) in [4.78, 5) is 2.70. The Morgan fingerprint density at radius 3 is 2.94 bits per heavy atom. The van der Waals surface area contributed by atoms with E-state index in [0.717, 1.165) is 18.7 Å². The van der Waals surface area contributed by atoms with Crippen molar-refractivity contribution < 1.29 is 4.74 Å². The number of piperazine rings is 1. The fourth-order valence-corrected chi connectivity index (χ4v) is 3.62. The second kappa shape index (κ2) is 5.03. The van der Waals surface area contributed by atoms with Gasteiger partial charge in [0.2, 0.25) is 0 Å². The van der Waals surface area contributed by atoms with Gasteiger partial charge in [0.05, 0.1) is 6.10 Å². The summed E-state index contributed by atoms with van der Waals surface area (Å²) in [7, 11) is 0. The van der Waals surface area contributed by atoms with Gasteiger partial charge in [0, 0.05) is 38.3 Å². The third kappa shape index (κ3) is 2.27. The molecule has 3 atom stereocenters. The van der Waals surface area contributed by atoms with E-state index in [1.807, 2.05) is 0 Å². The van der Waals surface area contributed by atoms with E-state index in [1.165, 1.54) is 58.2 Å². The summed E-state index contributed by atoms with van der Waals surface area (Å²) in [6.07, 6.45) is 8.69. The third-order valence-corrected chi connectivity index (χ3v) is 4.47. The van der Waals surface area contributed by atoms with Crippen LogP contribution in [0.4, 0.5) is 0 Å². The number of rotatable bonds is 2. The lowest BCUT2D eigenvalue weighted by Gasteiger charge is -2.45. The highest BCUT2D eigenvalue weighted by molar-refractivity contribution is 4.93. The van der Waals surface area contributed by atoms with Gasteiger partial charge in [0.1, 0.15) is 0 Å². The first-order chi connectivity index (χ1) is 7.93. The van der Waals surface area contributed by atoms with Gasteiger partial charge in [-0.05, 0) is 25.7 Å². The van der Waals surface area contributed by atoms with Gasteiger partial charge in [-0.1, -0.05) is 12.8 Å². The fourth-order valence-electron chi connectivity index (χ4n) is 3.62. The number of ether oxygens (including phenoxy) is 1. The Morgan fingerprint density at radius 2 is 2.06 bits per heavy atom. The maximum absolute atomic E-state index is 5.77. The Bertz CT molecular complexity index is 226. The molecule has 92 valence electrons. The molecule has 0 unspecified atom stereocenters. The Kier molecular flexibility index (Phi) is 3.46. The average Bonchev–Trinajstić information content (AvgIpc) is 2.82. The van der Waals surface area contributed by atoms with E-state index in [-0.39, 0.29) is 0 Å². The highest BCUT2D eigenvalue weighted by Gasteiger charge is 2.34. The van der Waals surface area contributed by atoms with Crippen LogP contribution in [0.1, 0.15) is 38.5 Å². The number of nitrogens with one attached hydrogen (secondary N) is 1. The minimum atomic E-state index is 0.528. The van der Waals surface area contributed by atoms with Crippen molar-refractivity contribution in [1.82, 2.24) is 10.2 Å². The lowest BCUT2D eigenvalue weighted by Crippen LogP contribution is -2.60. The summed E-state index contributed by atoms with van der Waals surface area (Å²) < 4.78 is 5.77. The van der Waals surface area contributed by atoms with Crippen molar-refractivity contribution in [3.05, 3.63) is 0 Å². The van der Waals surface area contributed by atoms with E-state index in [9.17, 15) is 0 Å². The molecule has 3 fully saturated rings. The standard InChI is InChI=1S/C13H24N2O/c1-2-6-13-12(5-1)14-7-8-15(13)10-11-4-3-9-16-11/h11-14H,1-10H2/t11-,12+,13-/m0/s1. The highest BCUT2D eigenvalue weighted by Crippen LogP contribution is 2.26.